The largest absolute Gasteiger partial charge is 0.319 e. The maximum absolute atomic E-state index is 5.84. The standard InChI is InChI=1S/C14H18ClN3/c1-11(7-16-2)13-5-3-12(4-6-13)9-18-10-14(15)8-17-18/h3-6,8,10-11,16H,7,9H2,1-2H3. The SMILES string of the molecule is CNCC(C)c1ccc(Cn2cc(Cl)cn2)cc1. The molecule has 4 heteroatoms. The number of likely N-dealkylation sites (N-methyl/N-ethyl adjacent to an activating group) is 1. The van der Waals surface area contributed by atoms with Gasteiger partial charge >= 0.3 is 0 Å². The van der Waals surface area contributed by atoms with E-state index in [2.05, 4.69) is 41.6 Å². The lowest BCUT2D eigenvalue weighted by atomic mass is 10.00. The zero-order valence-electron chi connectivity index (χ0n) is 10.7. The molecule has 3 nitrogen and oxygen atoms in total. The lowest BCUT2D eigenvalue weighted by Crippen LogP contribution is -2.14. The Morgan fingerprint density at radius 2 is 2.06 bits per heavy atom. The molecule has 0 aliphatic carbocycles. The summed E-state index contributed by atoms with van der Waals surface area (Å²) in [6.45, 7) is 3.97. The number of nitrogens with zero attached hydrogens (tertiary/aromatic N) is 2. The van der Waals surface area contributed by atoms with Gasteiger partial charge in [-0.2, -0.15) is 5.10 Å². The van der Waals surface area contributed by atoms with Crippen LogP contribution in [0.2, 0.25) is 5.02 Å². The third kappa shape index (κ3) is 3.34. The predicted molar refractivity (Wildman–Crippen MR) is 75.1 cm³/mol. The van der Waals surface area contributed by atoms with Crippen molar-refractivity contribution in [3.8, 4) is 0 Å². The van der Waals surface area contributed by atoms with Crippen molar-refractivity contribution in [2.24, 2.45) is 0 Å². The van der Waals surface area contributed by atoms with E-state index in [0.29, 0.717) is 10.9 Å². The first-order valence-electron chi connectivity index (χ1n) is 6.10. The molecule has 18 heavy (non-hydrogen) atoms. The fraction of sp³-hybridized carbons (Fsp3) is 0.357. The van der Waals surface area contributed by atoms with Crippen LogP contribution in [0.3, 0.4) is 0 Å². The highest BCUT2D eigenvalue weighted by atomic mass is 35.5. The van der Waals surface area contributed by atoms with E-state index in [9.17, 15) is 0 Å². The summed E-state index contributed by atoms with van der Waals surface area (Å²) in [5.41, 5.74) is 2.58. The minimum absolute atomic E-state index is 0.531. The van der Waals surface area contributed by atoms with Gasteiger partial charge in [0.2, 0.25) is 0 Å². The maximum Gasteiger partial charge on any atom is 0.0785 e. The Kier molecular flexibility index (Phi) is 4.39. The lowest BCUT2D eigenvalue weighted by Gasteiger charge is -2.11. The average Bonchev–Trinajstić information content (AvgIpc) is 2.76. The number of halogens is 1. The third-order valence-corrected chi connectivity index (χ3v) is 3.20. The van der Waals surface area contributed by atoms with Gasteiger partial charge in [0.25, 0.3) is 0 Å². The van der Waals surface area contributed by atoms with Gasteiger partial charge in [-0.15, -0.1) is 0 Å². The van der Waals surface area contributed by atoms with Gasteiger partial charge < -0.3 is 5.32 Å². The van der Waals surface area contributed by atoms with Crippen LogP contribution in [0.1, 0.15) is 24.0 Å². The molecule has 1 heterocycles. The van der Waals surface area contributed by atoms with Crippen molar-refractivity contribution in [2.75, 3.05) is 13.6 Å². The second kappa shape index (κ2) is 6.03. The van der Waals surface area contributed by atoms with Crippen LogP contribution in [0.5, 0.6) is 0 Å². The van der Waals surface area contributed by atoms with Crippen molar-refractivity contribution < 1.29 is 0 Å². The van der Waals surface area contributed by atoms with Crippen molar-refractivity contribution in [3.05, 3.63) is 52.8 Å². The monoisotopic (exact) mass is 263 g/mol. The molecule has 1 N–H and O–H groups in total. The lowest BCUT2D eigenvalue weighted by molar-refractivity contribution is 0.672. The van der Waals surface area contributed by atoms with Gasteiger partial charge in [0.05, 0.1) is 17.8 Å². The van der Waals surface area contributed by atoms with Crippen molar-refractivity contribution in [1.29, 1.82) is 0 Å². The van der Waals surface area contributed by atoms with Crippen LogP contribution in [-0.4, -0.2) is 23.4 Å². The summed E-state index contributed by atoms with van der Waals surface area (Å²) in [5, 5.41) is 8.04. The van der Waals surface area contributed by atoms with E-state index in [4.69, 9.17) is 11.6 Å². The summed E-state index contributed by atoms with van der Waals surface area (Å²) in [7, 11) is 1.98. The van der Waals surface area contributed by atoms with E-state index >= 15 is 0 Å². The van der Waals surface area contributed by atoms with Gasteiger partial charge in [0.1, 0.15) is 0 Å². The Bertz CT molecular complexity index is 490. The molecule has 0 saturated heterocycles. The second-order valence-corrected chi connectivity index (χ2v) is 4.99. The van der Waals surface area contributed by atoms with Crippen LogP contribution in [0.15, 0.2) is 36.7 Å². The van der Waals surface area contributed by atoms with Crippen LogP contribution in [0.25, 0.3) is 0 Å². The molecule has 1 atom stereocenters. The average molecular weight is 264 g/mol. The molecule has 0 spiro atoms. The molecule has 0 saturated carbocycles. The molecule has 0 radical (unpaired) electrons. The molecule has 0 amide bonds. The number of benzene rings is 1. The van der Waals surface area contributed by atoms with Crippen LogP contribution >= 0.6 is 11.6 Å². The first-order valence-corrected chi connectivity index (χ1v) is 6.48. The van der Waals surface area contributed by atoms with Crippen LogP contribution < -0.4 is 5.32 Å². The molecule has 0 aliphatic heterocycles. The Hall–Kier alpha value is -1.32. The summed E-state index contributed by atoms with van der Waals surface area (Å²) < 4.78 is 1.84. The van der Waals surface area contributed by atoms with E-state index in [-0.39, 0.29) is 0 Å². The van der Waals surface area contributed by atoms with E-state index < -0.39 is 0 Å². The Morgan fingerprint density at radius 3 is 2.61 bits per heavy atom. The zero-order valence-corrected chi connectivity index (χ0v) is 11.5. The fourth-order valence-corrected chi connectivity index (χ4v) is 2.14. The highest BCUT2D eigenvalue weighted by Gasteiger charge is 2.04. The van der Waals surface area contributed by atoms with E-state index in [1.165, 1.54) is 11.1 Å². The smallest absolute Gasteiger partial charge is 0.0785 e. The van der Waals surface area contributed by atoms with Crippen LogP contribution in [-0.2, 0) is 6.54 Å². The number of aromatic nitrogens is 2. The normalized spacial score (nSPS) is 12.6. The molecule has 2 aromatic rings. The molecule has 96 valence electrons. The van der Waals surface area contributed by atoms with Crippen molar-refractivity contribution in [3.63, 3.8) is 0 Å². The number of hydrogen-bond donors (Lipinski definition) is 1. The first kappa shape index (κ1) is 13.1. The number of rotatable bonds is 5. The van der Waals surface area contributed by atoms with Gasteiger partial charge in [-0.1, -0.05) is 42.8 Å². The molecule has 0 fully saturated rings. The highest BCUT2D eigenvalue weighted by Crippen LogP contribution is 2.16. The predicted octanol–water partition coefficient (Wildman–Crippen LogP) is 2.91. The molecule has 0 bridgehead atoms. The minimum Gasteiger partial charge on any atom is -0.319 e. The summed E-state index contributed by atoms with van der Waals surface area (Å²) in [4.78, 5) is 0. The second-order valence-electron chi connectivity index (χ2n) is 4.56. The molecule has 1 aromatic carbocycles. The fourth-order valence-electron chi connectivity index (χ4n) is 1.99. The van der Waals surface area contributed by atoms with Gasteiger partial charge in [-0.05, 0) is 24.1 Å². The molecule has 1 aromatic heterocycles. The Morgan fingerprint density at radius 1 is 1.33 bits per heavy atom. The van der Waals surface area contributed by atoms with Crippen molar-refractivity contribution in [2.45, 2.75) is 19.4 Å². The third-order valence-electron chi connectivity index (χ3n) is 3.01. The van der Waals surface area contributed by atoms with E-state index in [1.807, 2.05) is 17.9 Å². The Labute approximate surface area is 113 Å². The minimum atomic E-state index is 0.531. The van der Waals surface area contributed by atoms with Gasteiger partial charge in [-0.25, -0.2) is 0 Å². The summed E-state index contributed by atoms with van der Waals surface area (Å²) in [6.07, 6.45) is 3.49. The van der Waals surface area contributed by atoms with E-state index in [1.54, 1.807) is 6.20 Å². The molecule has 1 unspecified atom stereocenters. The van der Waals surface area contributed by atoms with Gasteiger partial charge in [0.15, 0.2) is 0 Å². The van der Waals surface area contributed by atoms with Crippen LogP contribution in [0, 0.1) is 0 Å². The highest BCUT2D eigenvalue weighted by molar-refractivity contribution is 6.30. The number of hydrogen-bond acceptors (Lipinski definition) is 2. The van der Waals surface area contributed by atoms with E-state index in [0.717, 1.165) is 13.1 Å². The van der Waals surface area contributed by atoms with Crippen LogP contribution in [0.4, 0.5) is 0 Å². The van der Waals surface area contributed by atoms with Gasteiger partial charge in [0, 0.05) is 12.7 Å². The summed E-state index contributed by atoms with van der Waals surface area (Å²) >= 11 is 5.84. The topological polar surface area (TPSA) is 29.9 Å². The summed E-state index contributed by atoms with van der Waals surface area (Å²) in [6, 6.07) is 8.67. The first-order chi connectivity index (χ1) is 8.69. The van der Waals surface area contributed by atoms with Crippen molar-refractivity contribution >= 4 is 11.6 Å². The molecular formula is C14H18ClN3. The van der Waals surface area contributed by atoms with Crippen molar-refractivity contribution in [1.82, 2.24) is 15.1 Å². The Balaban J connectivity index is 2.03. The maximum atomic E-state index is 5.84. The number of nitrogens with one attached hydrogen (secondary N) is 1. The zero-order chi connectivity index (χ0) is 13.0. The summed E-state index contributed by atoms with van der Waals surface area (Å²) in [5.74, 6) is 0.531. The molecule has 0 aliphatic rings. The molecular weight excluding hydrogens is 246 g/mol. The molecule has 2 rings (SSSR count). The van der Waals surface area contributed by atoms with Gasteiger partial charge in [-0.3, -0.25) is 4.68 Å². The quantitative estimate of drug-likeness (QED) is 0.899.